The Morgan fingerprint density at radius 2 is 2.20 bits per heavy atom. The van der Waals surface area contributed by atoms with E-state index in [1.165, 1.54) is 31.4 Å². The first-order chi connectivity index (χ1) is 12.0. The third-order valence-corrected chi connectivity index (χ3v) is 3.74. The molecule has 7 heteroatoms. The van der Waals surface area contributed by atoms with Crippen LogP contribution in [0.5, 0.6) is 5.75 Å². The highest BCUT2D eigenvalue weighted by Crippen LogP contribution is 2.18. The third kappa shape index (κ3) is 4.16. The standard InChI is InChI=1S/C18H15ClFN3O2/c1-25-16-5-2-12(8-15(16)20)3-7-18(24)21-9-14-11-23-10-13(19)4-6-17(23)22-14/h2-8,10-11H,9H2,1H3,(H,21,24)/b7-3+. The molecule has 0 aliphatic heterocycles. The molecule has 0 spiro atoms. The number of fused-ring (bicyclic) bond motifs is 1. The molecule has 0 aliphatic rings. The van der Waals surface area contributed by atoms with Crippen LogP contribution in [0, 0.1) is 5.82 Å². The highest BCUT2D eigenvalue weighted by molar-refractivity contribution is 6.30. The Labute approximate surface area is 148 Å². The number of amides is 1. The first-order valence-corrected chi connectivity index (χ1v) is 7.85. The SMILES string of the molecule is COc1ccc(/C=C/C(=O)NCc2cn3cc(Cl)ccc3n2)cc1F. The molecule has 2 heterocycles. The molecule has 0 fully saturated rings. The molecule has 1 N–H and O–H groups in total. The van der Waals surface area contributed by atoms with Gasteiger partial charge in [-0.15, -0.1) is 0 Å². The lowest BCUT2D eigenvalue weighted by atomic mass is 10.2. The van der Waals surface area contributed by atoms with Crippen molar-refractivity contribution >= 4 is 29.2 Å². The maximum atomic E-state index is 13.6. The number of rotatable bonds is 5. The van der Waals surface area contributed by atoms with E-state index < -0.39 is 5.82 Å². The molecule has 5 nitrogen and oxygen atoms in total. The van der Waals surface area contributed by atoms with Gasteiger partial charge in [-0.05, 0) is 35.9 Å². The van der Waals surface area contributed by atoms with Crippen LogP contribution in [0.1, 0.15) is 11.3 Å². The lowest BCUT2D eigenvalue weighted by Crippen LogP contribution is -2.20. The van der Waals surface area contributed by atoms with Crippen molar-refractivity contribution in [2.45, 2.75) is 6.54 Å². The van der Waals surface area contributed by atoms with E-state index in [1.807, 2.05) is 0 Å². The predicted octanol–water partition coefficient (Wildman–Crippen LogP) is 3.47. The molecule has 1 amide bonds. The summed E-state index contributed by atoms with van der Waals surface area (Å²) in [5.74, 6) is -0.617. The molecule has 0 radical (unpaired) electrons. The van der Waals surface area contributed by atoms with Crippen molar-refractivity contribution < 1.29 is 13.9 Å². The van der Waals surface area contributed by atoms with Gasteiger partial charge in [0.1, 0.15) is 5.65 Å². The highest BCUT2D eigenvalue weighted by atomic mass is 35.5. The van der Waals surface area contributed by atoms with E-state index in [9.17, 15) is 9.18 Å². The summed E-state index contributed by atoms with van der Waals surface area (Å²) >= 11 is 5.92. The van der Waals surface area contributed by atoms with Crippen LogP contribution in [-0.4, -0.2) is 22.4 Å². The Morgan fingerprint density at radius 1 is 1.36 bits per heavy atom. The number of benzene rings is 1. The monoisotopic (exact) mass is 359 g/mol. The van der Waals surface area contributed by atoms with E-state index in [1.54, 1.807) is 35.0 Å². The zero-order chi connectivity index (χ0) is 17.8. The molecule has 0 unspecified atom stereocenters. The van der Waals surface area contributed by atoms with Gasteiger partial charge in [0, 0.05) is 18.5 Å². The van der Waals surface area contributed by atoms with Crippen molar-refractivity contribution in [3.05, 3.63) is 70.9 Å². The summed E-state index contributed by atoms with van der Waals surface area (Å²) in [6.07, 6.45) is 6.41. The Hall–Kier alpha value is -2.86. The molecule has 0 saturated heterocycles. The highest BCUT2D eigenvalue weighted by Gasteiger charge is 2.04. The molecular weight excluding hydrogens is 345 g/mol. The molecule has 3 rings (SSSR count). The van der Waals surface area contributed by atoms with Gasteiger partial charge in [0.25, 0.3) is 0 Å². The second-order valence-corrected chi connectivity index (χ2v) is 5.73. The number of carbonyl (C=O) groups is 1. The largest absolute Gasteiger partial charge is 0.494 e. The van der Waals surface area contributed by atoms with Gasteiger partial charge in [-0.3, -0.25) is 4.79 Å². The lowest BCUT2D eigenvalue weighted by Gasteiger charge is -2.02. The van der Waals surface area contributed by atoms with Gasteiger partial charge >= 0.3 is 0 Å². The Balaban J connectivity index is 1.60. The van der Waals surface area contributed by atoms with Gasteiger partial charge in [-0.25, -0.2) is 9.37 Å². The van der Waals surface area contributed by atoms with Crippen LogP contribution >= 0.6 is 11.6 Å². The quantitative estimate of drug-likeness (QED) is 0.710. The minimum atomic E-state index is -0.478. The summed E-state index contributed by atoms with van der Waals surface area (Å²) in [5, 5.41) is 3.34. The van der Waals surface area contributed by atoms with Crippen molar-refractivity contribution in [3.8, 4) is 5.75 Å². The number of ether oxygens (including phenoxy) is 1. The average Bonchev–Trinajstić information content (AvgIpc) is 3.00. The van der Waals surface area contributed by atoms with E-state index in [0.29, 0.717) is 16.3 Å². The molecule has 1 aromatic carbocycles. The van der Waals surface area contributed by atoms with Crippen LogP contribution < -0.4 is 10.1 Å². The zero-order valence-electron chi connectivity index (χ0n) is 13.4. The predicted molar refractivity (Wildman–Crippen MR) is 94.0 cm³/mol. The summed E-state index contributed by atoms with van der Waals surface area (Å²) in [4.78, 5) is 16.3. The number of nitrogens with one attached hydrogen (secondary N) is 1. The van der Waals surface area contributed by atoms with Crippen molar-refractivity contribution in [2.24, 2.45) is 0 Å². The van der Waals surface area contributed by atoms with Crippen LogP contribution in [0.3, 0.4) is 0 Å². The van der Waals surface area contributed by atoms with Crippen LogP contribution in [0.2, 0.25) is 5.02 Å². The summed E-state index contributed by atoms with van der Waals surface area (Å²) in [7, 11) is 1.40. The maximum absolute atomic E-state index is 13.6. The first-order valence-electron chi connectivity index (χ1n) is 7.48. The molecule has 2 aromatic heterocycles. The van der Waals surface area contributed by atoms with E-state index in [2.05, 4.69) is 10.3 Å². The number of halogens is 2. The van der Waals surface area contributed by atoms with Gasteiger partial charge in [0.05, 0.1) is 24.4 Å². The fraction of sp³-hybridized carbons (Fsp3) is 0.111. The van der Waals surface area contributed by atoms with Crippen molar-refractivity contribution in [3.63, 3.8) is 0 Å². The van der Waals surface area contributed by atoms with Crippen LogP contribution in [0.4, 0.5) is 4.39 Å². The molecule has 128 valence electrons. The molecule has 0 bridgehead atoms. The smallest absolute Gasteiger partial charge is 0.244 e. The first kappa shape index (κ1) is 17.0. The van der Waals surface area contributed by atoms with Gasteiger partial charge in [0.2, 0.25) is 5.91 Å². The summed E-state index contributed by atoms with van der Waals surface area (Å²) in [6.45, 7) is 0.277. The average molecular weight is 360 g/mol. The summed E-state index contributed by atoms with van der Waals surface area (Å²) < 4.78 is 20.2. The normalized spacial score (nSPS) is 11.2. The van der Waals surface area contributed by atoms with Gasteiger partial charge < -0.3 is 14.5 Å². The Bertz CT molecular complexity index is 953. The number of imidazole rings is 1. The topological polar surface area (TPSA) is 55.6 Å². The number of aromatic nitrogens is 2. The van der Waals surface area contributed by atoms with Gasteiger partial charge in [-0.2, -0.15) is 0 Å². The number of pyridine rings is 1. The number of carbonyl (C=O) groups excluding carboxylic acids is 1. The van der Waals surface area contributed by atoms with Crippen molar-refractivity contribution in [1.29, 1.82) is 0 Å². The van der Waals surface area contributed by atoms with Gasteiger partial charge in [0.15, 0.2) is 11.6 Å². The third-order valence-electron chi connectivity index (χ3n) is 3.51. The molecule has 0 atom stereocenters. The Kier molecular flexibility index (Phi) is 5.00. The Morgan fingerprint density at radius 3 is 2.96 bits per heavy atom. The van der Waals surface area contributed by atoms with Crippen molar-refractivity contribution in [1.82, 2.24) is 14.7 Å². The van der Waals surface area contributed by atoms with E-state index in [-0.39, 0.29) is 18.2 Å². The van der Waals surface area contributed by atoms with Gasteiger partial charge in [-0.1, -0.05) is 17.7 Å². The van der Waals surface area contributed by atoms with Crippen LogP contribution in [-0.2, 0) is 11.3 Å². The fourth-order valence-corrected chi connectivity index (χ4v) is 2.47. The number of hydrogen-bond donors (Lipinski definition) is 1. The molecular formula is C18H15ClFN3O2. The molecule has 25 heavy (non-hydrogen) atoms. The maximum Gasteiger partial charge on any atom is 0.244 e. The molecule has 3 aromatic rings. The van der Waals surface area contributed by atoms with E-state index in [4.69, 9.17) is 16.3 Å². The molecule has 0 saturated carbocycles. The molecule has 0 aliphatic carbocycles. The zero-order valence-corrected chi connectivity index (χ0v) is 14.1. The van der Waals surface area contributed by atoms with Crippen molar-refractivity contribution in [2.75, 3.05) is 7.11 Å². The minimum absolute atomic E-state index is 0.161. The van der Waals surface area contributed by atoms with Crippen LogP contribution in [0.15, 0.2) is 48.8 Å². The fourth-order valence-electron chi connectivity index (χ4n) is 2.30. The second-order valence-electron chi connectivity index (χ2n) is 5.29. The van der Waals surface area contributed by atoms with E-state index in [0.717, 1.165) is 5.65 Å². The second kappa shape index (κ2) is 7.36. The number of nitrogens with zero attached hydrogens (tertiary/aromatic N) is 2. The van der Waals surface area contributed by atoms with E-state index >= 15 is 0 Å². The lowest BCUT2D eigenvalue weighted by molar-refractivity contribution is -0.116. The number of hydrogen-bond acceptors (Lipinski definition) is 3. The minimum Gasteiger partial charge on any atom is -0.494 e. The number of methoxy groups -OCH3 is 1. The summed E-state index contributed by atoms with van der Waals surface area (Å²) in [5.41, 5.74) is 2.02. The summed E-state index contributed by atoms with van der Waals surface area (Å²) in [6, 6.07) is 8.02. The van der Waals surface area contributed by atoms with Crippen LogP contribution in [0.25, 0.3) is 11.7 Å².